The Kier molecular flexibility index (Phi) is 6.85. The summed E-state index contributed by atoms with van der Waals surface area (Å²) < 4.78 is 23.2. The highest BCUT2D eigenvalue weighted by atomic mass is 35.5. The molecule has 1 unspecified atom stereocenters. The highest BCUT2D eigenvalue weighted by molar-refractivity contribution is 7.84. The number of amides is 1. The summed E-state index contributed by atoms with van der Waals surface area (Å²) in [6, 6.07) is 10.3. The van der Waals surface area contributed by atoms with Crippen molar-refractivity contribution in [2.45, 2.75) is 10.6 Å². The largest absolute Gasteiger partial charge is 0.455 e. The molecule has 1 aromatic carbocycles. The Morgan fingerprint density at radius 2 is 1.96 bits per heavy atom. The Hall–Kier alpha value is -1.67. The summed E-state index contributed by atoms with van der Waals surface area (Å²) in [5, 5.41) is 3.30. The minimum absolute atomic E-state index is 0.171. The van der Waals surface area contributed by atoms with Gasteiger partial charge in [-0.25, -0.2) is 0 Å². The molecule has 1 aromatic heterocycles. The van der Waals surface area contributed by atoms with Crippen LogP contribution in [0.15, 0.2) is 45.7 Å². The van der Waals surface area contributed by atoms with Gasteiger partial charge in [-0.1, -0.05) is 23.7 Å². The molecular weight excluding hydrogens is 376 g/mol. The van der Waals surface area contributed by atoms with Gasteiger partial charge in [0.25, 0.3) is 5.91 Å². The van der Waals surface area contributed by atoms with Gasteiger partial charge >= 0.3 is 0 Å². The van der Waals surface area contributed by atoms with E-state index in [0.717, 1.165) is 32.8 Å². The van der Waals surface area contributed by atoms with Crippen LogP contribution in [0.5, 0.6) is 0 Å². The molecule has 1 aliphatic heterocycles. The average molecular weight is 397 g/mol. The van der Waals surface area contributed by atoms with Crippen LogP contribution in [0.2, 0.25) is 5.02 Å². The Balaban J connectivity index is 1.49. The third kappa shape index (κ3) is 5.17. The first-order valence-electron chi connectivity index (χ1n) is 8.43. The number of halogens is 1. The van der Waals surface area contributed by atoms with Crippen LogP contribution in [0.4, 0.5) is 0 Å². The van der Waals surface area contributed by atoms with E-state index in [1.165, 1.54) is 0 Å². The summed E-state index contributed by atoms with van der Waals surface area (Å²) in [6.45, 7) is 4.55. The van der Waals surface area contributed by atoms with E-state index < -0.39 is 10.8 Å². The molecule has 0 radical (unpaired) electrons. The van der Waals surface area contributed by atoms with Crippen molar-refractivity contribution in [2.24, 2.45) is 0 Å². The van der Waals surface area contributed by atoms with E-state index in [0.29, 0.717) is 22.2 Å². The fourth-order valence-corrected chi connectivity index (χ4v) is 4.13. The summed E-state index contributed by atoms with van der Waals surface area (Å²) in [5.41, 5.74) is 0. The number of carbonyl (C=O) groups excluding carboxylic acids is 1. The van der Waals surface area contributed by atoms with E-state index in [2.05, 4.69) is 10.2 Å². The Morgan fingerprint density at radius 3 is 2.73 bits per heavy atom. The van der Waals surface area contributed by atoms with E-state index in [-0.39, 0.29) is 17.4 Å². The van der Waals surface area contributed by atoms with Gasteiger partial charge < -0.3 is 14.5 Å². The fraction of sp³-hybridized carbons (Fsp3) is 0.389. The molecule has 0 bridgehead atoms. The smallest absolute Gasteiger partial charge is 0.287 e. The molecule has 6 nitrogen and oxygen atoms in total. The summed E-state index contributed by atoms with van der Waals surface area (Å²) >= 11 is 6.06. The predicted octanol–water partition coefficient (Wildman–Crippen LogP) is 2.30. The van der Waals surface area contributed by atoms with Crippen LogP contribution in [0.1, 0.15) is 16.3 Å². The van der Waals surface area contributed by atoms with Crippen LogP contribution < -0.4 is 5.32 Å². The zero-order valence-corrected chi connectivity index (χ0v) is 15.9. The third-order valence-corrected chi connectivity index (χ3v) is 5.89. The van der Waals surface area contributed by atoms with Crippen molar-refractivity contribution >= 4 is 28.3 Å². The van der Waals surface area contributed by atoms with Gasteiger partial charge in [0.2, 0.25) is 0 Å². The summed E-state index contributed by atoms with van der Waals surface area (Å²) in [4.78, 5) is 15.0. The van der Waals surface area contributed by atoms with E-state index in [9.17, 15) is 9.00 Å². The maximum Gasteiger partial charge on any atom is 0.287 e. The molecule has 2 aromatic rings. The van der Waals surface area contributed by atoms with Crippen molar-refractivity contribution in [3.63, 3.8) is 0 Å². The SMILES string of the molecule is O=C(NCCN1CCOCC1)c1ccc(CS(=O)c2ccccc2Cl)o1. The normalized spacial score (nSPS) is 16.3. The lowest BCUT2D eigenvalue weighted by molar-refractivity contribution is 0.0382. The molecule has 0 spiro atoms. The highest BCUT2D eigenvalue weighted by Gasteiger charge is 2.15. The molecule has 140 valence electrons. The van der Waals surface area contributed by atoms with Gasteiger partial charge in [-0.3, -0.25) is 13.9 Å². The van der Waals surface area contributed by atoms with Gasteiger partial charge in [0, 0.05) is 26.2 Å². The number of rotatable bonds is 7. The number of carbonyl (C=O) groups is 1. The van der Waals surface area contributed by atoms with Crippen molar-refractivity contribution in [3.05, 3.63) is 52.9 Å². The fourth-order valence-electron chi connectivity index (χ4n) is 2.65. The molecule has 1 amide bonds. The monoisotopic (exact) mass is 396 g/mol. The molecule has 3 rings (SSSR count). The molecule has 1 fully saturated rings. The minimum atomic E-state index is -1.33. The molecule has 1 aliphatic rings. The Labute approximate surface area is 159 Å². The summed E-state index contributed by atoms with van der Waals surface area (Å²) in [5.74, 6) is 0.609. The Morgan fingerprint density at radius 1 is 1.19 bits per heavy atom. The molecule has 0 saturated carbocycles. The van der Waals surface area contributed by atoms with Crippen LogP contribution in [0.25, 0.3) is 0 Å². The van der Waals surface area contributed by atoms with E-state index >= 15 is 0 Å². The quantitative estimate of drug-likeness (QED) is 0.777. The highest BCUT2D eigenvalue weighted by Crippen LogP contribution is 2.22. The molecule has 8 heteroatoms. The molecule has 1 saturated heterocycles. The van der Waals surface area contributed by atoms with Crippen molar-refractivity contribution in [1.29, 1.82) is 0 Å². The van der Waals surface area contributed by atoms with Crippen molar-refractivity contribution < 1.29 is 18.2 Å². The van der Waals surface area contributed by atoms with Crippen LogP contribution in [-0.4, -0.2) is 54.4 Å². The first kappa shape index (κ1) is 19.1. The average Bonchev–Trinajstić information content (AvgIpc) is 3.11. The lowest BCUT2D eigenvalue weighted by Crippen LogP contribution is -2.41. The number of ether oxygens (including phenoxy) is 1. The minimum Gasteiger partial charge on any atom is -0.455 e. The molecule has 1 N–H and O–H groups in total. The first-order chi connectivity index (χ1) is 12.6. The predicted molar refractivity (Wildman–Crippen MR) is 99.9 cm³/mol. The van der Waals surface area contributed by atoms with Gasteiger partial charge in [-0.05, 0) is 24.3 Å². The number of benzene rings is 1. The van der Waals surface area contributed by atoms with Crippen LogP contribution in [0.3, 0.4) is 0 Å². The number of furan rings is 1. The van der Waals surface area contributed by atoms with Crippen LogP contribution in [-0.2, 0) is 21.3 Å². The molecule has 0 aliphatic carbocycles. The number of nitrogens with zero attached hydrogens (tertiary/aromatic N) is 1. The summed E-state index contributed by atoms with van der Waals surface area (Å²) in [6.07, 6.45) is 0. The molecule has 1 atom stereocenters. The lowest BCUT2D eigenvalue weighted by atomic mass is 10.4. The van der Waals surface area contributed by atoms with Gasteiger partial charge in [-0.15, -0.1) is 0 Å². The number of hydrogen-bond donors (Lipinski definition) is 1. The Bertz CT molecular complexity index is 774. The maximum atomic E-state index is 12.4. The van der Waals surface area contributed by atoms with Gasteiger partial charge in [0.15, 0.2) is 5.76 Å². The van der Waals surface area contributed by atoms with Crippen molar-refractivity contribution in [2.75, 3.05) is 39.4 Å². The number of morpholine rings is 1. The second-order valence-electron chi connectivity index (χ2n) is 5.90. The molecule has 26 heavy (non-hydrogen) atoms. The van der Waals surface area contributed by atoms with Crippen molar-refractivity contribution in [1.82, 2.24) is 10.2 Å². The van der Waals surface area contributed by atoms with Gasteiger partial charge in [-0.2, -0.15) is 0 Å². The zero-order chi connectivity index (χ0) is 18.4. The molecular formula is C18H21ClN2O4S. The van der Waals surface area contributed by atoms with E-state index in [4.69, 9.17) is 20.8 Å². The first-order valence-corrected chi connectivity index (χ1v) is 10.1. The lowest BCUT2D eigenvalue weighted by Gasteiger charge is -2.26. The van der Waals surface area contributed by atoms with Gasteiger partial charge in [0.05, 0.1) is 39.7 Å². The second-order valence-corrected chi connectivity index (χ2v) is 7.72. The number of nitrogens with one attached hydrogen (secondary N) is 1. The van der Waals surface area contributed by atoms with E-state index in [1.807, 2.05) is 0 Å². The molecule has 2 heterocycles. The van der Waals surface area contributed by atoms with Crippen molar-refractivity contribution in [3.8, 4) is 0 Å². The number of hydrogen-bond acceptors (Lipinski definition) is 5. The summed E-state index contributed by atoms with van der Waals surface area (Å²) in [7, 11) is -1.33. The standard InChI is InChI=1S/C18H21ClN2O4S/c19-15-3-1-2-4-17(15)26(23)13-14-5-6-16(25-14)18(22)20-7-8-21-9-11-24-12-10-21/h1-6H,7-13H2,(H,20,22). The zero-order valence-electron chi connectivity index (χ0n) is 14.3. The topological polar surface area (TPSA) is 71.8 Å². The second kappa shape index (κ2) is 9.32. The maximum absolute atomic E-state index is 12.4. The van der Waals surface area contributed by atoms with Gasteiger partial charge in [0.1, 0.15) is 5.76 Å². The third-order valence-electron chi connectivity index (χ3n) is 4.06. The van der Waals surface area contributed by atoms with Crippen LogP contribution in [0, 0.1) is 0 Å². The van der Waals surface area contributed by atoms with Crippen LogP contribution >= 0.6 is 11.6 Å². The van der Waals surface area contributed by atoms with E-state index in [1.54, 1.807) is 36.4 Å².